The minimum absolute atomic E-state index is 0.280. The molecule has 1 aliphatic carbocycles. The Balaban J connectivity index is 2.32. The van der Waals surface area contributed by atoms with Gasteiger partial charge >= 0.3 is 0 Å². The molecule has 1 aliphatic rings. The molecule has 1 atom stereocenters. The average molecular weight is 320 g/mol. The van der Waals surface area contributed by atoms with Gasteiger partial charge in [-0.15, -0.1) is 0 Å². The minimum Gasteiger partial charge on any atom is -0.271 e. The van der Waals surface area contributed by atoms with Crippen LogP contribution in [0.1, 0.15) is 24.4 Å². The van der Waals surface area contributed by atoms with Gasteiger partial charge in [-0.25, -0.2) is 0 Å². The fourth-order valence-electron chi connectivity index (χ4n) is 1.66. The lowest BCUT2D eigenvalue weighted by atomic mass is 10.0. The van der Waals surface area contributed by atoms with Gasteiger partial charge in [0.25, 0.3) is 0 Å². The van der Waals surface area contributed by atoms with Crippen LogP contribution in [0.5, 0.6) is 0 Å². The molecule has 0 bridgehead atoms. The first-order valence-electron chi connectivity index (χ1n) is 4.63. The van der Waals surface area contributed by atoms with Crippen molar-refractivity contribution in [1.82, 2.24) is 5.43 Å². The number of nitrogens with two attached hydrogens (primary N) is 1. The molecule has 76 valence electrons. The molecule has 2 rings (SSSR count). The summed E-state index contributed by atoms with van der Waals surface area (Å²) < 4.78 is 2.21. The fraction of sp³-hybridized carbons (Fsp3) is 0.400. The molecule has 14 heavy (non-hydrogen) atoms. The number of hydrazine groups is 1. The van der Waals surface area contributed by atoms with E-state index in [1.165, 1.54) is 18.4 Å². The third-order valence-electron chi connectivity index (χ3n) is 2.57. The van der Waals surface area contributed by atoms with E-state index in [0.29, 0.717) is 5.92 Å². The van der Waals surface area contributed by atoms with Gasteiger partial charge in [0.1, 0.15) is 0 Å². The maximum Gasteiger partial charge on any atom is 0.0499 e. The molecule has 0 spiro atoms. The molecule has 1 aromatic rings. The second kappa shape index (κ2) is 4.31. The van der Waals surface area contributed by atoms with Crippen molar-refractivity contribution < 1.29 is 0 Å². The Kier molecular flexibility index (Phi) is 3.27. The van der Waals surface area contributed by atoms with Crippen molar-refractivity contribution >= 4 is 31.9 Å². The third kappa shape index (κ3) is 2.19. The second-order valence-electron chi connectivity index (χ2n) is 3.65. The smallest absolute Gasteiger partial charge is 0.0499 e. The lowest BCUT2D eigenvalue weighted by Gasteiger charge is -2.17. The zero-order valence-electron chi connectivity index (χ0n) is 7.63. The van der Waals surface area contributed by atoms with Crippen LogP contribution in [0.4, 0.5) is 0 Å². The average Bonchev–Trinajstić information content (AvgIpc) is 2.96. The molecule has 1 aromatic carbocycles. The largest absolute Gasteiger partial charge is 0.271 e. The number of benzene rings is 1. The Bertz CT molecular complexity index is 337. The Labute approximate surface area is 100 Å². The monoisotopic (exact) mass is 318 g/mol. The summed E-state index contributed by atoms with van der Waals surface area (Å²) in [4.78, 5) is 0. The van der Waals surface area contributed by atoms with E-state index in [-0.39, 0.29) is 6.04 Å². The summed E-state index contributed by atoms with van der Waals surface area (Å²) in [5, 5.41) is 0. The van der Waals surface area contributed by atoms with Gasteiger partial charge in [0.2, 0.25) is 0 Å². The predicted molar refractivity (Wildman–Crippen MR) is 64.6 cm³/mol. The molecule has 1 fully saturated rings. The normalized spacial score (nSPS) is 18.2. The van der Waals surface area contributed by atoms with Crippen molar-refractivity contribution in [2.75, 3.05) is 0 Å². The first-order valence-corrected chi connectivity index (χ1v) is 6.22. The van der Waals surface area contributed by atoms with Gasteiger partial charge in [-0.1, -0.05) is 31.9 Å². The molecule has 0 aromatic heterocycles. The predicted octanol–water partition coefficient (Wildman–Crippen LogP) is 3.13. The summed E-state index contributed by atoms with van der Waals surface area (Å²) in [6.45, 7) is 0. The van der Waals surface area contributed by atoms with E-state index < -0.39 is 0 Å². The summed E-state index contributed by atoms with van der Waals surface area (Å²) in [5.74, 6) is 6.28. The fourth-order valence-corrected chi connectivity index (χ4v) is 2.53. The molecule has 4 heteroatoms. The number of hydrogen-bond donors (Lipinski definition) is 2. The summed E-state index contributed by atoms with van der Waals surface area (Å²) in [6, 6.07) is 6.47. The van der Waals surface area contributed by atoms with Crippen LogP contribution in [0.2, 0.25) is 0 Å². The molecule has 2 nitrogen and oxygen atoms in total. The van der Waals surface area contributed by atoms with E-state index in [9.17, 15) is 0 Å². The van der Waals surface area contributed by atoms with Crippen LogP contribution in [-0.2, 0) is 0 Å². The van der Waals surface area contributed by atoms with Gasteiger partial charge in [-0.2, -0.15) is 0 Å². The van der Waals surface area contributed by atoms with Crippen LogP contribution in [0.15, 0.2) is 27.1 Å². The van der Waals surface area contributed by atoms with Crippen molar-refractivity contribution in [2.24, 2.45) is 11.8 Å². The summed E-state index contributed by atoms with van der Waals surface area (Å²) in [5.41, 5.74) is 4.14. The van der Waals surface area contributed by atoms with E-state index in [0.717, 1.165) is 8.95 Å². The van der Waals surface area contributed by atoms with E-state index in [2.05, 4.69) is 43.4 Å². The van der Waals surface area contributed by atoms with E-state index in [1.54, 1.807) is 0 Å². The Morgan fingerprint density at radius 1 is 1.36 bits per heavy atom. The molecule has 1 unspecified atom stereocenters. The molecule has 0 radical (unpaired) electrons. The van der Waals surface area contributed by atoms with Crippen LogP contribution in [0.3, 0.4) is 0 Å². The van der Waals surface area contributed by atoms with Crippen molar-refractivity contribution in [2.45, 2.75) is 18.9 Å². The van der Waals surface area contributed by atoms with Gasteiger partial charge < -0.3 is 0 Å². The highest BCUT2D eigenvalue weighted by atomic mass is 79.9. The molecular weight excluding hydrogens is 308 g/mol. The third-order valence-corrected chi connectivity index (χ3v) is 3.78. The first-order chi connectivity index (χ1) is 6.72. The second-order valence-corrected chi connectivity index (χ2v) is 5.42. The molecule has 0 amide bonds. The van der Waals surface area contributed by atoms with E-state index in [4.69, 9.17) is 5.84 Å². The molecule has 0 saturated heterocycles. The standard InChI is InChI=1S/C10H12Br2N2/c11-7-3-4-9(12)8(5-7)10(14-13)6-1-2-6/h3-6,10,14H,1-2,13H2. The minimum atomic E-state index is 0.280. The van der Waals surface area contributed by atoms with Gasteiger partial charge in [0, 0.05) is 15.0 Å². The van der Waals surface area contributed by atoms with Crippen molar-refractivity contribution in [3.05, 3.63) is 32.7 Å². The topological polar surface area (TPSA) is 38.0 Å². The zero-order valence-corrected chi connectivity index (χ0v) is 10.8. The number of hydrogen-bond acceptors (Lipinski definition) is 2. The van der Waals surface area contributed by atoms with Crippen molar-refractivity contribution in [3.8, 4) is 0 Å². The first kappa shape index (κ1) is 10.6. The Hall–Kier alpha value is 0.1000. The van der Waals surface area contributed by atoms with Gasteiger partial charge in [-0.05, 0) is 42.5 Å². The molecule has 0 heterocycles. The maximum atomic E-state index is 5.58. The summed E-state index contributed by atoms with van der Waals surface area (Å²) >= 11 is 7.03. The lowest BCUT2D eigenvalue weighted by molar-refractivity contribution is 0.495. The summed E-state index contributed by atoms with van der Waals surface area (Å²) in [6.07, 6.45) is 2.54. The Morgan fingerprint density at radius 2 is 2.07 bits per heavy atom. The molecule has 1 saturated carbocycles. The van der Waals surface area contributed by atoms with Gasteiger partial charge in [0.05, 0.1) is 0 Å². The highest BCUT2D eigenvalue weighted by molar-refractivity contribution is 9.11. The SMILES string of the molecule is NNC(c1cc(Br)ccc1Br)C1CC1. The quantitative estimate of drug-likeness (QED) is 0.663. The highest BCUT2D eigenvalue weighted by Crippen LogP contribution is 2.42. The highest BCUT2D eigenvalue weighted by Gasteiger charge is 2.32. The van der Waals surface area contributed by atoms with Crippen LogP contribution < -0.4 is 11.3 Å². The van der Waals surface area contributed by atoms with Crippen LogP contribution in [-0.4, -0.2) is 0 Å². The van der Waals surface area contributed by atoms with Gasteiger partial charge in [0.15, 0.2) is 0 Å². The number of nitrogens with one attached hydrogen (secondary N) is 1. The Morgan fingerprint density at radius 3 is 2.64 bits per heavy atom. The summed E-state index contributed by atoms with van der Waals surface area (Å²) in [7, 11) is 0. The van der Waals surface area contributed by atoms with Crippen LogP contribution >= 0.6 is 31.9 Å². The van der Waals surface area contributed by atoms with Crippen molar-refractivity contribution in [1.29, 1.82) is 0 Å². The van der Waals surface area contributed by atoms with Crippen molar-refractivity contribution in [3.63, 3.8) is 0 Å². The van der Waals surface area contributed by atoms with Crippen LogP contribution in [0, 0.1) is 5.92 Å². The molecule has 3 N–H and O–H groups in total. The van der Waals surface area contributed by atoms with Gasteiger partial charge in [-0.3, -0.25) is 11.3 Å². The molecule has 0 aliphatic heterocycles. The maximum absolute atomic E-state index is 5.58. The lowest BCUT2D eigenvalue weighted by Crippen LogP contribution is -2.29. The number of halogens is 2. The number of rotatable bonds is 3. The van der Waals surface area contributed by atoms with Crippen LogP contribution in [0.25, 0.3) is 0 Å². The van der Waals surface area contributed by atoms with E-state index in [1.807, 2.05) is 12.1 Å². The molecular formula is C10H12Br2N2. The van der Waals surface area contributed by atoms with E-state index >= 15 is 0 Å². The zero-order chi connectivity index (χ0) is 10.1.